The summed E-state index contributed by atoms with van der Waals surface area (Å²) >= 11 is 0. The fraction of sp³-hybridized carbons (Fsp3) is 0.929. The van der Waals surface area contributed by atoms with Gasteiger partial charge < -0.3 is 15.5 Å². The van der Waals surface area contributed by atoms with E-state index < -0.39 is 0 Å². The molecule has 0 spiro atoms. The van der Waals surface area contributed by atoms with E-state index in [-0.39, 0.29) is 5.92 Å². The van der Waals surface area contributed by atoms with Crippen molar-refractivity contribution in [1.82, 2.24) is 15.5 Å². The van der Waals surface area contributed by atoms with Gasteiger partial charge in [-0.05, 0) is 45.7 Å². The lowest BCUT2D eigenvalue weighted by molar-refractivity contribution is -0.138. The number of piperidine rings is 1. The highest BCUT2D eigenvalue weighted by Crippen LogP contribution is 2.21. The predicted molar refractivity (Wildman–Crippen MR) is 73.5 cm³/mol. The molecule has 4 heteroatoms. The number of carbonyl (C=O) groups is 1. The minimum atomic E-state index is 0.244. The van der Waals surface area contributed by atoms with Crippen LogP contribution in [0.1, 0.15) is 39.5 Å². The Hall–Kier alpha value is -0.610. The molecule has 2 N–H and O–H groups in total. The molecule has 104 valence electrons. The van der Waals surface area contributed by atoms with Gasteiger partial charge in [-0.2, -0.15) is 0 Å². The topological polar surface area (TPSA) is 44.4 Å². The highest BCUT2D eigenvalue weighted by atomic mass is 16.2. The first-order chi connectivity index (χ1) is 8.72. The first kappa shape index (κ1) is 13.8. The van der Waals surface area contributed by atoms with Crippen molar-refractivity contribution < 1.29 is 4.79 Å². The third-order valence-electron chi connectivity index (χ3n) is 4.20. The summed E-state index contributed by atoms with van der Waals surface area (Å²) in [5, 5.41) is 6.80. The molecular weight excluding hydrogens is 226 g/mol. The van der Waals surface area contributed by atoms with Gasteiger partial charge in [-0.3, -0.25) is 4.79 Å². The molecule has 2 heterocycles. The summed E-state index contributed by atoms with van der Waals surface area (Å²) in [7, 11) is 0. The van der Waals surface area contributed by atoms with Crippen molar-refractivity contribution >= 4 is 5.91 Å². The van der Waals surface area contributed by atoms with Gasteiger partial charge in [0.05, 0.1) is 0 Å². The number of rotatable bonds is 4. The van der Waals surface area contributed by atoms with E-state index in [4.69, 9.17) is 0 Å². The number of nitrogens with zero attached hydrogens (tertiary/aromatic N) is 1. The highest BCUT2D eigenvalue weighted by Gasteiger charge is 2.32. The maximum absolute atomic E-state index is 12.7. The zero-order chi connectivity index (χ0) is 13.0. The molecule has 0 aromatic carbocycles. The summed E-state index contributed by atoms with van der Waals surface area (Å²) in [5.41, 5.74) is 0. The molecule has 0 saturated carbocycles. The Morgan fingerprint density at radius 3 is 2.78 bits per heavy atom. The Morgan fingerprint density at radius 1 is 1.33 bits per heavy atom. The fourth-order valence-electron chi connectivity index (χ4n) is 3.21. The summed E-state index contributed by atoms with van der Waals surface area (Å²) in [6.07, 6.45) is 4.18. The van der Waals surface area contributed by atoms with Crippen LogP contribution in [0.5, 0.6) is 0 Å². The largest absolute Gasteiger partial charge is 0.338 e. The highest BCUT2D eigenvalue weighted by molar-refractivity contribution is 5.79. The van der Waals surface area contributed by atoms with Crippen molar-refractivity contribution in [3.63, 3.8) is 0 Å². The van der Waals surface area contributed by atoms with Crippen molar-refractivity contribution in [2.24, 2.45) is 5.92 Å². The summed E-state index contributed by atoms with van der Waals surface area (Å²) < 4.78 is 0. The van der Waals surface area contributed by atoms with Gasteiger partial charge in [-0.25, -0.2) is 0 Å². The van der Waals surface area contributed by atoms with Crippen LogP contribution >= 0.6 is 0 Å². The maximum Gasteiger partial charge on any atom is 0.226 e. The van der Waals surface area contributed by atoms with E-state index in [0.29, 0.717) is 18.0 Å². The Kier molecular flexibility index (Phi) is 5.01. The molecule has 2 aliphatic heterocycles. The molecule has 18 heavy (non-hydrogen) atoms. The van der Waals surface area contributed by atoms with E-state index >= 15 is 0 Å². The molecule has 2 fully saturated rings. The number of amides is 1. The van der Waals surface area contributed by atoms with Crippen molar-refractivity contribution in [1.29, 1.82) is 0 Å². The van der Waals surface area contributed by atoms with E-state index in [2.05, 4.69) is 29.4 Å². The molecule has 0 aliphatic carbocycles. The number of nitrogens with one attached hydrogen (secondary N) is 2. The van der Waals surface area contributed by atoms with E-state index in [9.17, 15) is 4.79 Å². The quantitative estimate of drug-likeness (QED) is 0.785. The van der Waals surface area contributed by atoms with Gasteiger partial charge in [-0.15, -0.1) is 0 Å². The molecule has 3 atom stereocenters. The molecule has 0 radical (unpaired) electrons. The summed E-state index contributed by atoms with van der Waals surface area (Å²) in [6.45, 7) is 8.28. The molecule has 0 bridgehead atoms. The van der Waals surface area contributed by atoms with E-state index in [0.717, 1.165) is 51.9 Å². The Morgan fingerprint density at radius 2 is 2.17 bits per heavy atom. The minimum absolute atomic E-state index is 0.244. The second-order valence-corrected chi connectivity index (χ2v) is 5.75. The smallest absolute Gasteiger partial charge is 0.226 e. The van der Waals surface area contributed by atoms with Gasteiger partial charge in [0, 0.05) is 31.1 Å². The van der Waals surface area contributed by atoms with Crippen LogP contribution in [0, 0.1) is 5.92 Å². The Balaban J connectivity index is 1.97. The van der Waals surface area contributed by atoms with Crippen molar-refractivity contribution in [2.75, 3.05) is 26.2 Å². The first-order valence-electron chi connectivity index (χ1n) is 7.47. The average Bonchev–Trinajstić information content (AvgIpc) is 2.89. The summed E-state index contributed by atoms with van der Waals surface area (Å²) in [4.78, 5) is 14.8. The summed E-state index contributed by atoms with van der Waals surface area (Å²) in [5.74, 6) is 0.646. The van der Waals surface area contributed by atoms with Gasteiger partial charge >= 0.3 is 0 Å². The van der Waals surface area contributed by atoms with Gasteiger partial charge in [0.1, 0.15) is 0 Å². The van der Waals surface area contributed by atoms with Gasteiger partial charge in [-0.1, -0.05) is 6.92 Å². The lowest BCUT2D eigenvalue weighted by Gasteiger charge is -2.35. The van der Waals surface area contributed by atoms with Crippen LogP contribution in [-0.4, -0.2) is 49.1 Å². The molecule has 4 nitrogen and oxygen atoms in total. The second-order valence-electron chi connectivity index (χ2n) is 5.75. The molecule has 2 saturated heterocycles. The van der Waals surface area contributed by atoms with Crippen molar-refractivity contribution in [3.8, 4) is 0 Å². The number of carbonyl (C=O) groups excluding carboxylic acids is 1. The third-order valence-corrected chi connectivity index (χ3v) is 4.20. The van der Waals surface area contributed by atoms with Crippen molar-refractivity contribution in [3.05, 3.63) is 0 Å². The second kappa shape index (κ2) is 6.53. The van der Waals surface area contributed by atoms with E-state index in [1.165, 1.54) is 0 Å². The van der Waals surface area contributed by atoms with Crippen LogP contribution in [0.4, 0.5) is 0 Å². The average molecular weight is 253 g/mol. The van der Waals surface area contributed by atoms with E-state index in [1.807, 2.05) is 0 Å². The minimum Gasteiger partial charge on any atom is -0.338 e. The fourth-order valence-corrected chi connectivity index (χ4v) is 3.21. The van der Waals surface area contributed by atoms with Gasteiger partial charge in [0.15, 0.2) is 0 Å². The Labute approximate surface area is 110 Å². The molecule has 2 aliphatic rings. The molecule has 0 aromatic heterocycles. The summed E-state index contributed by atoms with van der Waals surface area (Å²) in [6, 6.07) is 0.917. The monoisotopic (exact) mass is 253 g/mol. The van der Waals surface area contributed by atoms with E-state index in [1.54, 1.807) is 0 Å². The van der Waals surface area contributed by atoms with Crippen LogP contribution in [0.25, 0.3) is 0 Å². The zero-order valence-electron chi connectivity index (χ0n) is 11.7. The number of hydrogen-bond acceptors (Lipinski definition) is 3. The maximum atomic E-state index is 12.7. The molecule has 0 aromatic rings. The standard InChI is InChI=1S/C14H27N3O/c1-3-8-17(13-5-6-15-10-13)14(18)12-4-7-16-11(2)9-12/h11-13,15-16H,3-10H2,1-2H3/t11-,12-,13?/m0/s1. The van der Waals surface area contributed by atoms with Crippen LogP contribution in [0.2, 0.25) is 0 Å². The van der Waals surface area contributed by atoms with Crippen LogP contribution in [0.3, 0.4) is 0 Å². The first-order valence-corrected chi connectivity index (χ1v) is 7.47. The van der Waals surface area contributed by atoms with Crippen LogP contribution in [-0.2, 0) is 4.79 Å². The molecule has 2 rings (SSSR count). The predicted octanol–water partition coefficient (Wildman–Crippen LogP) is 0.975. The molecule has 1 amide bonds. The molecular formula is C14H27N3O. The number of hydrogen-bond donors (Lipinski definition) is 2. The van der Waals surface area contributed by atoms with Crippen molar-refractivity contribution in [2.45, 2.75) is 51.6 Å². The van der Waals surface area contributed by atoms with Crippen LogP contribution in [0.15, 0.2) is 0 Å². The Bertz CT molecular complexity index is 276. The van der Waals surface area contributed by atoms with Crippen LogP contribution < -0.4 is 10.6 Å². The third kappa shape index (κ3) is 3.23. The molecule has 1 unspecified atom stereocenters. The van der Waals surface area contributed by atoms with Gasteiger partial charge in [0.2, 0.25) is 5.91 Å². The SMILES string of the molecule is CCCN(C(=O)[C@H]1CCN[C@@H](C)C1)C1CCNC1. The lowest BCUT2D eigenvalue weighted by Crippen LogP contribution is -2.48. The normalized spacial score (nSPS) is 32.4. The zero-order valence-corrected chi connectivity index (χ0v) is 11.7. The van der Waals surface area contributed by atoms with Gasteiger partial charge in [0.25, 0.3) is 0 Å². The lowest BCUT2D eigenvalue weighted by atomic mass is 9.91.